The van der Waals surface area contributed by atoms with E-state index in [1.54, 1.807) is 13.8 Å². The summed E-state index contributed by atoms with van der Waals surface area (Å²) in [4.78, 5) is 19.0. The van der Waals surface area contributed by atoms with Gasteiger partial charge in [0.15, 0.2) is 0 Å². The second-order valence-electron chi connectivity index (χ2n) is 2.24. The first kappa shape index (κ1) is 18.6. The first-order valence-electron chi connectivity index (χ1n) is 3.94. The molecule has 13 heavy (non-hydrogen) atoms. The average Bonchev–Trinajstić information content (AvgIpc) is 1.87. The fourth-order valence-corrected chi connectivity index (χ4v) is 0.408. The van der Waals surface area contributed by atoms with E-state index < -0.39 is 11.9 Å². The van der Waals surface area contributed by atoms with Crippen LogP contribution in [-0.4, -0.2) is 39.2 Å². The fraction of sp³-hybridized carbons (Fsp3) is 0.750. The van der Waals surface area contributed by atoms with E-state index in [-0.39, 0.29) is 40.1 Å². The zero-order valence-corrected chi connectivity index (χ0v) is 11.8. The summed E-state index contributed by atoms with van der Waals surface area (Å²) < 4.78 is 0. The Kier molecular flexibility index (Phi) is 20.6. The SMILES string of the molecule is CCCC(=O)[O-].CCCC(=O)[O-].[Pb]. The smallest absolute Gasteiger partial charge is 0.0414 e. The monoisotopic (exact) mass is 382 g/mol. The molecule has 0 aromatic rings. The third kappa shape index (κ3) is 33.6. The molecule has 0 aromatic carbocycles. The Balaban J connectivity index is -0.000000143. The molecule has 0 aliphatic rings. The van der Waals surface area contributed by atoms with Gasteiger partial charge < -0.3 is 19.8 Å². The van der Waals surface area contributed by atoms with Gasteiger partial charge in [-0.25, -0.2) is 0 Å². The van der Waals surface area contributed by atoms with Crippen LogP contribution in [-0.2, 0) is 9.59 Å². The van der Waals surface area contributed by atoms with Crippen LogP contribution < -0.4 is 10.2 Å². The van der Waals surface area contributed by atoms with Crippen LogP contribution in [0.5, 0.6) is 0 Å². The first-order valence-corrected chi connectivity index (χ1v) is 3.94. The molecule has 0 spiro atoms. The van der Waals surface area contributed by atoms with E-state index in [2.05, 4.69) is 0 Å². The molecule has 0 rings (SSSR count). The van der Waals surface area contributed by atoms with Crippen LogP contribution in [0.3, 0.4) is 0 Å². The summed E-state index contributed by atoms with van der Waals surface area (Å²) in [6.45, 7) is 3.60. The molecule has 0 unspecified atom stereocenters. The zero-order valence-electron chi connectivity index (χ0n) is 7.96. The molecule has 0 aliphatic carbocycles. The van der Waals surface area contributed by atoms with Gasteiger partial charge in [0, 0.05) is 39.2 Å². The Hall–Kier alpha value is -0.138. The van der Waals surface area contributed by atoms with Gasteiger partial charge in [0.1, 0.15) is 0 Å². The maximum atomic E-state index is 9.49. The van der Waals surface area contributed by atoms with Gasteiger partial charge in [0.25, 0.3) is 0 Å². The summed E-state index contributed by atoms with van der Waals surface area (Å²) in [5.41, 5.74) is 0. The second-order valence-corrected chi connectivity index (χ2v) is 2.24. The Morgan fingerprint density at radius 1 is 0.923 bits per heavy atom. The van der Waals surface area contributed by atoms with Crippen molar-refractivity contribution in [1.29, 1.82) is 0 Å². The standard InChI is InChI=1S/2C4H8O2.Pb/c2*1-2-3-4(5)6;/h2*2-3H2,1H3,(H,5,6);/p-2. The van der Waals surface area contributed by atoms with E-state index in [0.29, 0.717) is 12.8 Å². The molecule has 0 aromatic heterocycles. The summed E-state index contributed by atoms with van der Waals surface area (Å²) in [5.74, 6) is -1.92. The maximum Gasteiger partial charge on any atom is 0.0414 e. The van der Waals surface area contributed by atoms with Crippen LogP contribution in [0.25, 0.3) is 0 Å². The van der Waals surface area contributed by atoms with Gasteiger partial charge in [0.05, 0.1) is 0 Å². The normalized spacial score (nSPS) is 7.54. The van der Waals surface area contributed by atoms with E-state index in [4.69, 9.17) is 0 Å². The molecule has 0 atom stereocenters. The minimum absolute atomic E-state index is 0. The van der Waals surface area contributed by atoms with Crippen molar-refractivity contribution in [3.8, 4) is 0 Å². The van der Waals surface area contributed by atoms with E-state index in [9.17, 15) is 19.8 Å². The Bertz CT molecular complexity index is 120. The molecule has 0 heterocycles. The third-order valence-corrected chi connectivity index (χ3v) is 0.908. The summed E-state index contributed by atoms with van der Waals surface area (Å²) >= 11 is 0. The van der Waals surface area contributed by atoms with E-state index in [1.807, 2.05) is 0 Å². The van der Waals surface area contributed by atoms with Crippen LogP contribution in [0.1, 0.15) is 39.5 Å². The van der Waals surface area contributed by atoms with Gasteiger partial charge in [0.2, 0.25) is 0 Å². The Labute approximate surface area is 98.5 Å². The molecule has 0 saturated heterocycles. The van der Waals surface area contributed by atoms with Crippen molar-refractivity contribution < 1.29 is 19.8 Å². The minimum atomic E-state index is -0.961. The van der Waals surface area contributed by atoms with Crippen molar-refractivity contribution in [2.24, 2.45) is 0 Å². The van der Waals surface area contributed by atoms with E-state index in [0.717, 1.165) is 0 Å². The molecule has 4 nitrogen and oxygen atoms in total. The van der Waals surface area contributed by atoms with Crippen molar-refractivity contribution in [1.82, 2.24) is 0 Å². The third-order valence-electron chi connectivity index (χ3n) is 0.908. The topological polar surface area (TPSA) is 80.3 Å². The number of carboxylic acid groups (broad SMARTS) is 2. The van der Waals surface area contributed by atoms with E-state index in [1.165, 1.54) is 0 Å². The quantitative estimate of drug-likeness (QED) is 0.567. The number of carboxylic acids is 2. The average molecular weight is 381 g/mol. The van der Waals surface area contributed by atoms with Crippen molar-refractivity contribution in [2.45, 2.75) is 39.5 Å². The Morgan fingerprint density at radius 3 is 1.15 bits per heavy atom. The molecule has 0 fully saturated rings. The number of carbonyl (C=O) groups is 2. The van der Waals surface area contributed by atoms with Gasteiger partial charge in [-0.05, 0) is 12.8 Å². The predicted octanol–water partition coefficient (Wildman–Crippen LogP) is -1.31. The van der Waals surface area contributed by atoms with Crippen LogP contribution >= 0.6 is 0 Å². The molecule has 4 radical (unpaired) electrons. The summed E-state index contributed by atoms with van der Waals surface area (Å²) in [6.07, 6.45) is 1.70. The van der Waals surface area contributed by atoms with Crippen molar-refractivity contribution in [3.05, 3.63) is 0 Å². The summed E-state index contributed by atoms with van der Waals surface area (Å²) in [6, 6.07) is 0. The Morgan fingerprint density at radius 2 is 1.15 bits per heavy atom. The molecular formula is C8H14O4Pb-2. The van der Waals surface area contributed by atoms with Crippen LogP contribution in [0.4, 0.5) is 0 Å². The van der Waals surface area contributed by atoms with Crippen molar-refractivity contribution in [2.75, 3.05) is 0 Å². The molecular weight excluding hydrogens is 367 g/mol. The van der Waals surface area contributed by atoms with Crippen molar-refractivity contribution >= 4 is 39.2 Å². The molecule has 0 saturated carbocycles. The number of rotatable bonds is 4. The minimum Gasteiger partial charge on any atom is -0.550 e. The number of carbonyl (C=O) groups excluding carboxylic acids is 2. The molecule has 0 amide bonds. The largest absolute Gasteiger partial charge is 0.550 e. The molecule has 76 valence electrons. The fourth-order valence-electron chi connectivity index (χ4n) is 0.408. The molecule has 0 aliphatic heterocycles. The number of aliphatic carboxylic acids is 2. The first-order chi connectivity index (χ1) is 5.54. The van der Waals surface area contributed by atoms with E-state index >= 15 is 0 Å². The van der Waals surface area contributed by atoms with Gasteiger partial charge in [-0.3, -0.25) is 0 Å². The number of hydrogen-bond donors (Lipinski definition) is 0. The summed E-state index contributed by atoms with van der Waals surface area (Å²) in [5, 5.41) is 19.0. The van der Waals surface area contributed by atoms with Gasteiger partial charge in [-0.15, -0.1) is 0 Å². The van der Waals surface area contributed by atoms with Gasteiger partial charge in [-0.2, -0.15) is 0 Å². The van der Waals surface area contributed by atoms with Gasteiger partial charge >= 0.3 is 0 Å². The van der Waals surface area contributed by atoms with Crippen LogP contribution in [0, 0.1) is 0 Å². The van der Waals surface area contributed by atoms with Crippen LogP contribution in [0.15, 0.2) is 0 Å². The van der Waals surface area contributed by atoms with Crippen LogP contribution in [0.2, 0.25) is 0 Å². The zero-order chi connectivity index (χ0) is 9.98. The predicted molar refractivity (Wildman–Crippen MR) is 45.6 cm³/mol. The van der Waals surface area contributed by atoms with Gasteiger partial charge in [-0.1, -0.05) is 26.7 Å². The van der Waals surface area contributed by atoms with Crippen molar-refractivity contribution in [3.63, 3.8) is 0 Å². The second kappa shape index (κ2) is 14.4. The molecule has 0 N–H and O–H groups in total. The molecule has 0 bridgehead atoms. The molecule has 5 heteroatoms. The maximum absolute atomic E-state index is 9.49. The number of hydrogen-bond acceptors (Lipinski definition) is 4. The summed E-state index contributed by atoms with van der Waals surface area (Å²) in [7, 11) is 0.